The maximum absolute atomic E-state index is 15.0. The van der Waals surface area contributed by atoms with Gasteiger partial charge in [-0.05, 0) is 86.8 Å². The summed E-state index contributed by atoms with van der Waals surface area (Å²) < 4.78 is 83.4. The van der Waals surface area contributed by atoms with Crippen LogP contribution in [-0.2, 0) is 0 Å². The van der Waals surface area contributed by atoms with Crippen molar-refractivity contribution in [3.05, 3.63) is 82.7 Å². The number of ether oxygens (including phenoxy) is 2. The Kier molecular flexibility index (Phi) is 9.49. The third-order valence-corrected chi connectivity index (χ3v) is 7.42. The van der Waals surface area contributed by atoms with Crippen molar-refractivity contribution >= 4 is 0 Å². The van der Waals surface area contributed by atoms with Crippen molar-refractivity contribution in [3.63, 3.8) is 0 Å². The first-order valence-corrected chi connectivity index (χ1v) is 13.4. The zero-order chi connectivity index (χ0) is 28.1. The SMILES string of the molecule is CCCC(O)c1ccc(OCC2CCC(c3ccc(-c4ccc(OCC)c(F)c4F)c(F)c3)CC2)c(F)c1F. The summed E-state index contributed by atoms with van der Waals surface area (Å²) in [4.78, 5) is 0. The first kappa shape index (κ1) is 28.9. The highest BCUT2D eigenvalue weighted by atomic mass is 19.2. The summed E-state index contributed by atoms with van der Waals surface area (Å²) in [6.45, 7) is 3.91. The minimum atomic E-state index is -1.16. The molecule has 8 heteroatoms. The Hall–Kier alpha value is -3.13. The van der Waals surface area contributed by atoms with Crippen LogP contribution in [0.5, 0.6) is 11.5 Å². The van der Waals surface area contributed by atoms with E-state index in [9.17, 15) is 22.7 Å². The number of halogens is 5. The molecule has 1 fully saturated rings. The molecule has 1 N–H and O–H groups in total. The van der Waals surface area contributed by atoms with Gasteiger partial charge in [0.25, 0.3) is 0 Å². The van der Waals surface area contributed by atoms with E-state index in [1.807, 2.05) is 6.92 Å². The van der Waals surface area contributed by atoms with Crippen molar-refractivity contribution in [2.75, 3.05) is 13.2 Å². The summed E-state index contributed by atoms with van der Waals surface area (Å²) in [7, 11) is 0. The van der Waals surface area contributed by atoms with Crippen molar-refractivity contribution < 1.29 is 36.5 Å². The number of aliphatic hydroxyl groups is 1. The maximum Gasteiger partial charge on any atom is 0.201 e. The fourth-order valence-corrected chi connectivity index (χ4v) is 5.22. The first-order valence-electron chi connectivity index (χ1n) is 13.4. The number of aliphatic hydroxyl groups excluding tert-OH is 1. The second-order valence-corrected chi connectivity index (χ2v) is 10.0. The van der Waals surface area contributed by atoms with Gasteiger partial charge < -0.3 is 14.6 Å². The van der Waals surface area contributed by atoms with Crippen LogP contribution in [0.15, 0.2) is 42.5 Å². The topological polar surface area (TPSA) is 38.7 Å². The lowest BCUT2D eigenvalue weighted by molar-refractivity contribution is 0.159. The Balaban J connectivity index is 1.36. The Morgan fingerprint density at radius 1 is 0.769 bits per heavy atom. The van der Waals surface area contributed by atoms with E-state index in [0.29, 0.717) is 12.8 Å². The van der Waals surface area contributed by atoms with E-state index in [4.69, 9.17) is 9.47 Å². The van der Waals surface area contributed by atoms with Gasteiger partial charge in [-0.15, -0.1) is 0 Å². The first-order chi connectivity index (χ1) is 18.7. The highest BCUT2D eigenvalue weighted by Crippen LogP contribution is 2.39. The maximum atomic E-state index is 15.0. The van der Waals surface area contributed by atoms with Crippen molar-refractivity contribution in [2.45, 2.75) is 64.4 Å². The van der Waals surface area contributed by atoms with Gasteiger partial charge in [-0.2, -0.15) is 8.78 Å². The molecular formula is C31H33F5O3. The minimum Gasteiger partial charge on any atom is -0.491 e. The fourth-order valence-electron chi connectivity index (χ4n) is 5.22. The van der Waals surface area contributed by atoms with Crippen molar-refractivity contribution in [1.29, 1.82) is 0 Å². The van der Waals surface area contributed by atoms with Gasteiger partial charge in [0, 0.05) is 16.7 Å². The summed E-state index contributed by atoms with van der Waals surface area (Å²) in [5.41, 5.74) is 0.507. The van der Waals surface area contributed by atoms with E-state index in [1.54, 1.807) is 13.0 Å². The summed E-state index contributed by atoms with van der Waals surface area (Å²) in [5, 5.41) is 10.0. The molecule has 3 nitrogen and oxygen atoms in total. The van der Waals surface area contributed by atoms with Crippen molar-refractivity contribution in [3.8, 4) is 22.6 Å². The highest BCUT2D eigenvalue weighted by molar-refractivity contribution is 5.66. The van der Waals surface area contributed by atoms with Crippen LogP contribution in [0.4, 0.5) is 22.0 Å². The van der Waals surface area contributed by atoms with Gasteiger partial charge in [0.15, 0.2) is 23.1 Å². The van der Waals surface area contributed by atoms with Crippen LogP contribution in [0.25, 0.3) is 11.1 Å². The molecule has 1 unspecified atom stereocenters. The van der Waals surface area contributed by atoms with Gasteiger partial charge in [-0.25, -0.2) is 13.2 Å². The van der Waals surface area contributed by atoms with E-state index in [0.717, 1.165) is 31.2 Å². The molecule has 1 atom stereocenters. The third kappa shape index (κ3) is 6.38. The average Bonchev–Trinajstić information content (AvgIpc) is 2.93. The zero-order valence-corrected chi connectivity index (χ0v) is 22.1. The molecule has 0 saturated heterocycles. The molecule has 1 aliphatic rings. The van der Waals surface area contributed by atoms with E-state index in [1.165, 1.54) is 36.4 Å². The summed E-state index contributed by atoms with van der Waals surface area (Å²) in [6, 6.07) is 9.88. The standard InChI is InChI=1S/C31H33F5O3/c1-3-5-25(37)23-13-15-27(31(36)29(23)34)39-17-18-6-8-19(9-7-18)20-10-11-21(24(32)16-20)22-12-14-26(38-4-2)30(35)28(22)33/h10-16,18-19,25,37H,3-9,17H2,1-2H3. The molecule has 0 aliphatic heterocycles. The molecule has 1 saturated carbocycles. The molecule has 0 aromatic heterocycles. The molecule has 3 aromatic rings. The predicted molar refractivity (Wildman–Crippen MR) is 139 cm³/mol. The van der Waals surface area contributed by atoms with Crippen LogP contribution in [-0.4, -0.2) is 18.3 Å². The van der Waals surface area contributed by atoms with Crippen molar-refractivity contribution in [2.24, 2.45) is 5.92 Å². The van der Waals surface area contributed by atoms with E-state index in [-0.39, 0.29) is 53.2 Å². The largest absolute Gasteiger partial charge is 0.491 e. The summed E-state index contributed by atoms with van der Waals surface area (Å²) in [5.74, 6) is -5.32. The molecule has 39 heavy (non-hydrogen) atoms. The zero-order valence-electron chi connectivity index (χ0n) is 22.1. The smallest absolute Gasteiger partial charge is 0.201 e. The van der Waals surface area contributed by atoms with E-state index >= 15 is 4.39 Å². The average molecular weight is 549 g/mol. The van der Waals surface area contributed by atoms with Gasteiger partial charge in [0.1, 0.15) is 5.82 Å². The normalized spacial score (nSPS) is 18.2. The van der Waals surface area contributed by atoms with Crippen LogP contribution in [0.2, 0.25) is 0 Å². The molecule has 0 spiro atoms. The van der Waals surface area contributed by atoms with Gasteiger partial charge in [-0.3, -0.25) is 0 Å². The van der Waals surface area contributed by atoms with Crippen LogP contribution in [0.3, 0.4) is 0 Å². The molecule has 0 bridgehead atoms. The summed E-state index contributed by atoms with van der Waals surface area (Å²) >= 11 is 0. The van der Waals surface area contributed by atoms with Gasteiger partial charge >= 0.3 is 0 Å². The number of hydrogen-bond acceptors (Lipinski definition) is 3. The van der Waals surface area contributed by atoms with E-state index < -0.39 is 35.2 Å². The van der Waals surface area contributed by atoms with Gasteiger partial charge in [0.05, 0.1) is 19.3 Å². The lowest BCUT2D eigenvalue weighted by atomic mass is 9.78. The molecule has 0 radical (unpaired) electrons. The van der Waals surface area contributed by atoms with Crippen LogP contribution < -0.4 is 9.47 Å². The number of hydrogen-bond donors (Lipinski definition) is 1. The molecule has 1 aliphatic carbocycles. The Morgan fingerprint density at radius 2 is 1.41 bits per heavy atom. The van der Waals surface area contributed by atoms with E-state index in [2.05, 4.69) is 0 Å². The van der Waals surface area contributed by atoms with Crippen LogP contribution >= 0.6 is 0 Å². The Labute approximate surface area is 225 Å². The van der Waals surface area contributed by atoms with Crippen LogP contribution in [0, 0.1) is 35.0 Å². The molecule has 0 amide bonds. The lowest BCUT2D eigenvalue weighted by Crippen LogP contribution is -2.20. The van der Waals surface area contributed by atoms with Crippen LogP contribution in [0.1, 0.15) is 75.5 Å². The third-order valence-electron chi connectivity index (χ3n) is 7.42. The van der Waals surface area contributed by atoms with Gasteiger partial charge in [0.2, 0.25) is 11.6 Å². The fraction of sp³-hybridized carbons (Fsp3) is 0.419. The molecule has 210 valence electrons. The number of benzene rings is 3. The molecule has 0 heterocycles. The monoisotopic (exact) mass is 548 g/mol. The second kappa shape index (κ2) is 12.8. The Morgan fingerprint density at radius 3 is 2.08 bits per heavy atom. The highest BCUT2D eigenvalue weighted by Gasteiger charge is 2.26. The van der Waals surface area contributed by atoms with Crippen molar-refractivity contribution in [1.82, 2.24) is 0 Å². The second-order valence-electron chi connectivity index (χ2n) is 10.0. The Bertz CT molecular complexity index is 1290. The predicted octanol–water partition coefficient (Wildman–Crippen LogP) is 8.63. The summed E-state index contributed by atoms with van der Waals surface area (Å²) in [6.07, 6.45) is 2.92. The quantitative estimate of drug-likeness (QED) is 0.258. The number of rotatable bonds is 10. The molecular weight excluding hydrogens is 515 g/mol. The lowest BCUT2D eigenvalue weighted by Gasteiger charge is -2.29. The molecule has 3 aromatic carbocycles. The minimum absolute atomic E-state index is 0.0252. The molecule has 4 rings (SSSR count). The van der Waals surface area contributed by atoms with Gasteiger partial charge in [-0.1, -0.05) is 25.5 Å².